The molecule has 0 aliphatic rings. The third-order valence-electron chi connectivity index (χ3n) is 5.24. The molecule has 0 amide bonds. The van der Waals surface area contributed by atoms with Gasteiger partial charge in [0.1, 0.15) is 5.69 Å². The predicted octanol–water partition coefficient (Wildman–Crippen LogP) is 6.39. The van der Waals surface area contributed by atoms with Crippen molar-refractivity contribution in [1.82, 2.24) is 4.57 Å². The summed E-state index contributed by atoms with van der Waals surface area (Å²) in [5.74, 6) is 0. The van der Waals surface area contributed by atoms with Crippen LogP contribution in [0.4, 0.5) is 24.5 Å². The molecule has 32 heavy (non-hydrogen) atoms. The number of hydrazone groups is 1. The monoisotopic (exact) mass is 444 g/mol. The Bertz CT molecular complexity index is 1200. The fourth-order valence-corrected chi connectivity index (χ4v) is 3.91. The smallest absolute Gasteiger partial charge is 0.317 e. The number of nitrogens with zero attached hydrogens (tertiary/aromatic N) is 3. The number of nitro benzene ring substituents is 1. The van der Waals surface area contributed by atoms with E-state index in [1.807, 2.05) is 40.7 Å². The quantitative estimate of drug-likeness (QED) is 0.281. The maximum Gasteiger partial charge on any atom is 0.416 e. The normalized spacial score (nSPS) is 11.9. The predicted molar refractivity (Wildman–Crippen MR) is 119 cm³/mol. The van der Waals surface area contributed by atoms with Crippen molar-refractivity contribution >= 4 is 17.6 Å². The van der Waals surface area contributed by atoms with Crippen LogP contribution in [-0.4, -0.2) is 15.7 Å². The molecule has 3 aromatic rings. The summed E-state index contributed by atoms with van der Waals surface area (Å²) >= 11 is 0. The third kappa shape index (κ3) is 4.51. The summed E-state index contributed by atoms with van der Waals surface area (Å²) in [5.41, 5.74) is 7.79. The van der Waals surface area contributed by atoms with Crippen LogP contribution >= 0.6 is 0 Å². The lowest BCUT2D eigenvalue weighted by atomic mass is 10.0. The van der Waals surface area contributed by atoms with Gasteiger partial charge in [-0.2, -0.15) is 18.3 Å². The molecular weight excluding hydrogens is 421 g/mol. The van der Waals surface area contributed by atoms with Gasteiger partial charge in [0, 0.05) is 23.0 Å². The zero-order chi connectivity index (χ0) is 23.8. The number of nitrogens with one attached hydrogen (secondary N) is 1. The van der Waals surface area contributed by atoms with Crippen LogP contribution in [-0.2, 0) is 6.18 Å². The molecular formula is C23H23F3N4O2. The van der Waals surface area contributed by atoms with Gasteiger partial charge < -0.3 is 4.57 Å². The lowest BCUT2D eigenvalue weighted by molar-refractivity contribution is -0.384. The Hall–Kier alpha value is -3.62. The molecule has 0 saturated carbocycles. The minimum Gasteiger partial charge on any atom is -0.317 e. The molecule has 168 valence electrons. The number of aryl methyl sites for hydroxylation is 4. The van der Waals surface area contributed by atoms with Gasteiger partial charge in [0.2, 0.25) is 0 Å². The molecule has 1 N–H and O–H groups in total. The van der Waals surface area contributed by atoms with Crippen molar-refractivity contribution in [2.24, 2.45) is 5.10 Å². The van der Waals surface area contributed by atoms with Gasteiger partial charge in [-0.3, -0.25) is 15.5 Å². The highest BCUT2D eigenvalue weighted by Crippen LogP contribution is 2.35. The Morgan fingerprint density at radius 2 is 1.66 bits per heavy atom. The van der Waals surface area contributed by atoms with Gasteiger partial charge >= 0.3 is 6.18 Å². The first kappa shape index (κ1) is 23.1. The summed E-state index contributed by atoms with van der Waals surface area (Å²) in [4.78, 5) is 10.4. The summed E-state index contributed by atoms with van der Waals surface area (Å²) < 4.78 is 40.7. The van der Waals surface area contributed by atoms with Crippen LogP contribution in [0.15, 0.2) is 41.5 Å². The summed E-state index contributed by atoms with van der Waals surface area (Å²) in [6.45, 7) is 10.1. The van der Waals surface area contributed by atoms with E-state index in [-0.39, 0.29) is 5.69 Å². The summed E-state index contributed by atoms with van der Waals surface area (Å²) in [5, 5.41) is 15.3. The number of hydrogen-bond acceptors (Lipinski definition) is 4. The maximum atomic E-state index is 12.9. The highest BCUT2D eigenvalue weighted by Gasteiger charge is 2.33. The molecule has 0 aliphatic heterocycles. The van der Waals surface area contributed by atoms with E-state index in [4.69, 9.17) is 0 Å². The average molecular weight is 444 g/mol. The van der Waals surface area contributed by atoms with Crippen molar-refractivity contribution in [3.05, 3.63) is 85.7 Å². The summed E-state index contributed by atoms with van der Waals surface area (Å²) in [6, 6.07) is 8.42. The van der Waals surface area contributed by atoms with E-state index >= 15 is 0 Å². The zero-order valence-corrected chi connectivity index (χ0v) is 18.3. The molecule has 9 heteroatoms. The van der Waals surface area contributed by atoms with Gasteiger partial charge in [0.05, 0.1) is 22.4 Å². The minimum atomic E-state index is -4.67. The second kappa shape index (κ2) is 8.49. The Balaban J connectivity index is 1.93. The molecule has 0 fully saturated rings. The maximum absolute atomic E-state index is 12.9. The molecule has 2 aromatic carbocycles. The van der Waals surface area contributed by atoms with E-state index in [0.717, 1.165) is 45.9 Å². The van der Waals surface area contributed by atoms with Crippen molar-refractivity contribution < 1.29 is 18.1 Å². The van der Waals surface area contributed by atoms with E-state index in [1.165, 1.54) is 11.8 Å². The van der Waals surface area contributed by atoms with Crippen molar-refractivity contribution in [2.45, 2.75) is 40.8 Å². The number of halogens is 3. The van der Waals surface area contributed by atoms with E-state index in [0.29, 0.717) is 6.07 Å². The van der Waals surface area contributed by atoms with Gasteiger partial charge in [-0.15, -0.1) is 0 Å². The molecule has 0 radical (unpaired) electrons. The molecule has 3 rings (SSSR count). The molecule has 0 spiro atoms. The number of rotatable bonds is 5. The minimum absolute atomic E-state index is 0.127. The first-order valence-corrected chi connectivity index (χ1v) is 9.82. The topological polar surface area (TPSA) is 72.5 Å². The second-order valence-corrected chi connectivity index (χ2v) is 7.77. The Kier molecular flexibility index (Phi) is 6.11. The molecule has 1 aromatic heterocycles. The number of nitro groups is 1. The highest BCUT2D eigenvalue weighted by atomic mass is 19.4. The average Bonchev–Trinajstić information content (AvgIpc) is 2.94. The number of hydrogen-bond donors (Lipinski definition) is 1. The Labute approximate surface area is 183 Å². The number of anilines is 1. The van der Waals surface area contributed by atoms with Crippen LogP contribution in [0.3, 0.4) is 0 Å². The molecule has 0 aliphatic carbocycles. The van der Waals surface area contributed by atoms with Crippen molar-refractivity contribution in [3.63, 3.8) is 0 Å². The summed E-state index contributed by atoms with van der Waals surface area (Å²) in [6.07, 6.45) is -3.17. The van der Waals surface area contributed by atoms with Crippen molar-refractivity contribution in [3.8, 4) is 5.69 Å². The molecule has 0 unspecified atom stereocenters. The fraction of sp³-hybridized carbons (Fsp3) is 0.261. The third-order valence-corrected chi connectivity index (χ3v) is 5.24. The summed E-state index contributed by atoms with van der Waals surface area (Å²) in [7, 11) is 0. The van der Waals surface area contributed by atoms with Crippen LogP contribution in [0.2, 0.25) is 0 Å². The molecule has 6 nitrogen and oxygen atoms in total. The van der Waals surface area contributed by atoms with Crippen LogP contribution in [0.5, 0.6) is 0 Å². The van der Waals surface area contributed by atoms with Gasteiger partial charge in [-0.25, -0.2) is 0 Å². The molecule has 1 heterocycles. The van der Waals surface area contributed by atoms with E-state index in [2.05, 4.69) is 27.2 Å². The van der Waals surface area contributed by atoms with Crippen LogP contribution < -0.4 is 5.43 Å². The van der Waals surface area contributed by atoms with Gasteiger partial charge in [-0.1, -0.05) is 17.7 Å². The lowest BCUT2D eigenvalue weighted by Crippen LogP contribution is -2.07. The van der Waals surface area contributed by atoms with Gasteiger partial charge in [-0.05, 0) is 63.9 Å². The Morgan fingerprint density at radius 3 is 2.22 bits per heavy atom. The van der Waals surface area contributed by atoms with E-state index < -0.39 is 22.4 Å². The van der Waals surface area contributed by atoms with Crippen molar-refractivity contribution in [2.75, 3.05) is 5.43 Å². The number of benzene rings is 2. The molecule has 0 saturated heterocycles. The lowest BCUT2D eigenvalue weighted by Gasteiger charge is -2.16. The van der Waals surface area contributed by atoms with Gasteiger partial charge in [0.15, 0.2) is 0 Å². The van der Waals surface area contributed by atoms with E-state index in [1.54, 1.807) is 0 Å². The van der Waals surface area contributed by atoms with Gasteiger partial charge in [0.25, 0.3) is 5.69 Å². The standard InChI is InChI=1S/C23H23F3N4O2/c1-13-8-14(2)22(15(3)9-13)29-16(4)10-18(17(29)5)12-27-28-20-7-6-19(23(24,25)26)11-21(20)30(31)32/h6-12,28H,1-5H3/b27-12-. The van der Waals surface area contributed by atoms with E-state index in [9.17, 15) is 23.3 Å². The molecule has 0 bridgehead atoms. The molecule has 0 atom stereocenters. The first-order chi connectivity index (χ1) is 14.9. The highest BCUT2D eigenvalue weighted by molar-refractivity contribution is 5.83. The Morgan fingerprint density at radius 1 is 1.03 bits per heavy atom. The largest absolute Gasteiger partial charge is 0.416 e. The van der Waals surface area contributed by atoms with Crippen LogP contribution in [0.25, 0.3) is 5.69 Å². The first-order valence-electron chi connectivity index (χ1n) is 9.82. The SMILES string of the molecule is Cc1cc(C)c(-n2c(C)cc(/C=N\Nc3ccc(C(F)(F)F)cc3[N+](=O)[O-])c2C)c(C)c1. The number of alkyl halides is 3. The fourth-order valence-electron chi connectivity index (χ4n) is 3.91. The van der Waals surface area contributed by atoms with Crippen molar-refractivity contribution in [1.29, 1.82) is 0 Å². The zero-order valence-electron chi connectivity index (χ0n) is 18.3. The second-order valence-electron chi connectivity index (χ2n) is 7.77. The van der Waals surface area contributed by atoms with Crippen LogP contribution in [0.1, 0.15) is 39.2 Å². The number of aromatic nitrogens is 1. The van der Waals surface area contributed by atoms with Crippen LogP contribution in [0, 0.1) is 44.7 Å².